The van der Waals surface area contributed by atoms with Crippen LogP contribution in [0.5, 0.6) is 0 Å². The fourth-order valence-electron chi connectivity index (χ4n) is 3.10. The Balaban J connectivity index is 1.73. The van der Waals surface area contributed by atoms with E-state index in [1.807, 2.05) is 12.1 Å². The summed E-state index contributed by atoms with van der Waals surface area (Å²) in [6.07, 6.45) is -0.0769. The van der Waals surface area contributed by atoms with Crippen molar-refractivity contribution < 1.29 is 13.2 Å². The zero-order valence-corrected chi connectivity index (χ0v) is 17.6. The molecule has 1 amide bonds. The Morgan fingerprint density at radius 3 is 2.06 bits per heavy atom. The second-order valence-corrected chi connectivity index (χ2v) is 8.82. The molecule has 3 aromatic carbocycles. The lowest BCUT2D eigenvalue weighted by atomic mass is 10.0. The van der Waals surface area contributed by atoms with Crippen LogP contribution in [0.3, 0.4) is 0 Å². The summed E-state index contributed by atoms with van der Waals surface area (Å²) in [6.45, 7) is 0. The first-order valence-corrected chi connectivity index (χ1v) is 11.3. The molecule has 0 fully saturated rings. The first-order valence-electron chi connectivity index (χ1n) is 9.65. The summed E-state index contributed by atoms with van der Waals surface area (Å²) in [7, 11) is -3.68. The first kappa shape index (κ1) is 22.2. The molecule has 5 N–H and O–H groups in total. The van der Waals surface area contributed by atoms with Crippen molar-refractivity contribution in [2.24, 2.45) is 5.73 Å². The maximum absolute atomic E-state index is 12.8. The van der Waals surface area contributed by atoms with E-state index in [-0.39, 0.29) is 23.9 Å². The van der Waals surface area contributed by atoms with Crippen LogP contribution in [-0.4, -0.2) is 20.2 Å². The molecule has 0 bridgehead atoms. The first-order chi connectivity index (χ1) is 14.8. The molecular weight excluding hydrogens is 412 g/mol. The number of nitrogens with one attached hydrogen (secondary N) is 3. The van der Waals surface area contributed by atoms with Crippen LogP contribution in [0.25, 0.3) is 0 Å². The number of amidine groups is 1. The standard InChI is InChI=1S/C23H24N4O3S/c24-23(25)19-11-13-20(14-12-19)26-22(28)15-21(18-9-5-2-6-10-18)27-31(29,30)16-17-7-3-1-4-8-17/h1-14,21,27H,15-16H2,(H3,24,25)(H,26,28). The van der Waals surface area contributed by atoms with Gasteiger partial charge in [-0.05, 0) is 35.4 Å². The molecule has 0 spiro atoms. The number of sulfonamides is 1. The highest BCUT2D eigenvalue weighted by molar-refractivity contribution is 7.88. The van der Waals surface area contributed by atoms with Gasteiger partial charge in [0.1, 0.15) is 5.84 Å². The molecule has 0 aliphatic heterocycles. The van der Waals surface area contributed by atoms with E-state index in [2.05, 4.69) is 10.0 Å². The van der Waals surface area contributed by atoms with Gasteiger partial charge in [0, 0.05) is 17.7 Å². The Kier molecular flexibility index (Phi) is 7.17. The van der Waals surface area contributed by atoms with Gasteiger partial charge in [0.2, 0.25) is 15.9 Å². The van der Waals surface area contributed by atoms with Crippen LogP contribution in [0.1, 0.15) is 29.2 Å². The SMILES string of the molecule is N=C(N)c1ccc(NC(=O)CC(NS(=O)(=O)Cc2ccccc2)c2ccccc2)cc1. The third-order valence-electron chi connectivity index (χ3n) is 4.59. The molecule has 3 rings (SSSR count). The van der Waals surface area contributed by atoms with Gasteiger partial charge < -0.3 is 11.1 Å². The summed E-state index contributed by atoms with van der Waals surface area (Å²) in [5.41, 5.74) is 7.89. The summed E-state index contributed by atoms with van der Waals surface area (Å²) in [6, 6.07) is 23.7. The largest absolute Gasteiger partial charge is 0.384 e. The summed E-state index contributed by atoms with van der Waals surface area (Å²) in [5.74, 6) is -0.577. The van der Waals surface area contributed by atoms with Crippen LogP contribution in [-0.2, 0) is 20.6 Å². The molecule has 0 saturated heterocycles. The molecule has 160 valence electrons. The van der Waals surface area contributed by atoms with Gasteiger partial charge in [-0.1, -0.05) is 60.7 Å². The Morgan fingerprint density at radius 2 is 1.48 bits per heavy atom. The predicted octanol–water partition coefficient (Wildman–Crippen LogP) is 3.16. The zero-order chi connectivity index (χ0) is 22.3. The van der Waals surface area contributed by atoms with Crippen molar-refractivity contribution >= 4 is 27.5 Å². The van der Waals surface area contributed by atoms with Gasteiger partial charge in [0.15, 0.2) is 0 Å². The van der Waals surface area contributed by atoms with Crippen LogP contribution >= 0.6 is 0 Å². The zero-order valence-electron chi connectivity index (χ0n) is 16.8. The number of amides is 1. The molecule has 0 aliphatic rings. The third kappa shape index (κ3) is 6.77. The van der Waals surface area contributed by atoms with Crippen LogP contribution in [0.15, 0.2) is 84.9 Å². The van der Waals surface area contributed by atoms with Crippen molar-refractivity contribution in [3.8, 4) is 0 Å². The minimum absolute atomic E-state index is 0.0603. The summed E-state index contributed by atoms with van der Waals surface area (Å²) in [5, 5.41) is 10.2. The minimum Gasteiger partial charge on any atom is -0.384 e. The van der Waals surface area contributed by atoms with E-state index in [9.17, 15) is 13.2 Å². The number of nitrogens with two attached hydrogens (primary N) is 1. The topological polar surface area (TPSA) is 125 Å². The predicted molar refractivity (Wildman–Crippen MR) is 122 cm³/mol. The molecule has 0 heterocycles. The number of anilines is 1. The molecule has 0 saturated carbocycles. The van der Waals surface area contributed by atoms with Crippen molar-refractivity contribution in [3.05, 3.63) is 102 Å². The highest BCUT2D eigenvalue weighted by Crippen LogP contribution is 2.20. The molecule has 0 aromatic heterocycles. The lowest BCUT2D eigenvalue weighted by molar-refractivity contribution is -0.116. The summed E-state index contributed by atoms with van der Waals surface area (Å²) in [4.78, 5) is 12.6. The number of carbonyl (C=O) groups is 1. The maximum atomic E-state index is 12.8. The monoisotopic (exact) mass is 436 g/mol. The number of rotatable bonds is 9. The molecule has 8 heteroatoms. The lowest BCUT2D eigenvalue weighted by Gasteiger charge is -2.19. The van der Waals surface area contributed by atoms with Gasteiger partial charge in [-0.25, -0.2) is 13.1 Å². The van der Waals surface area contributed by atoms with E-state index in [0.29, 0.717) is 22.4 Å². The normalized spacial score (nSPS) is 12.1. The second-order valence-electron chi connectivity index (χ2n) is 7.07. The molecule has 0 radical (unpaired) electrons. The Labute approximate surface area is 181 Å². The Morgan fingerprint density at radius 1 is 0.903 bits per heavy atom. The number of hydrogen-bond donors (Lipinski definition) is 4. The van der Waals surface area contributed by atoms with E-state index in [1.54, 1.807) is 72.8 Å². The highest BCUT2D eigenvalue weighted by Gasteiger charge is 2.22. The van der Waals surface area contributed by atoms with Crippen LogP contribution in [0.2, 0.25) is 0 Å². The van der Waals surface area contributed by atoms with Crippen LogP contribution in [0, 0.1) is 5.41 Å². The van der Waals surface area contributed by atoms with Gasteiger partial charge in [0.05, 0.1) is 11.8 Å². The fraction of sp³-hybridized carbons (Fsp3) is 0.130. The van der Waals surface area contributed by atoms with Gasteiger partial charge in [0.25, 0.3) is 0 Å². The second kappa shape index (κ2) is 10.0. The van der Waals surface area contributed by atoms with Crippen LogP contribution < -0.4 is 15.8 Å². The van der Waals surface area contributed by atoms with E-state index in [0.717, 1.165) is 0 Å². The van der Waals surface area contributed by atoms with Gasteiger partial charge in [-0.15, -0.1) is 0 Å². The lowest BCUT2D eigenvalue weighted by Crippen LogP contribution is -2.32. The van der Waals surface area contributed by atoms with Crippen LogP contribution in [0.4, 0.5) is 5.69 Å². The van der Waals surface area contributed by atoms with Gasteiger partial charge >= 0.3 is 0 Å². The van der Waals surface area contributed by atoms with E-state index < -0.39 is 16.1 Å². The Bertz CT molecular complexity index is 1130. The fourth-order valence-corrected chi connectivity index (χ4v) is 4.46. The number of nitrogen functional groups attached to an aromatic ring is 1. The van der Waals surface area contributed by atoms with Gasteiger partial charge in [-0.2, -0.15) is 0 Å². The molecule has 0 aliphatic carbocycles. The average molecular weight is 437 g/mol. The van der Waals surface area contributed by atoms with Crippen molar-refractivity contribution in [3.63, 3.8) is 0 Å². The molecular formula is C23H24N4O3S. The average Bonchev–Trinajstić information content (AvgIpc) is 2.74. The van der Waals surface area contributed by atoms with Gasteiger partial charge in [-0.3, -0.25) is 10.2 Å². The molecule has 3 aromatic rings. The molecule has 7 nitrogen and oxygen atoms in total. The van der Waals surface area contributed by atoms with Crippen molar-refractivity contribution in [2.75, 3.05) is 5.32 Å². The minimum atomic E-state index is -3.68. The van der Waals surface area contributed by atoms with Crippen molar-refractivity contribution in [1.82, 2.24) is 4.72 Å². The van der Waals surface area contributed by atoms with Crippen molar-refractivity contribution in [1.29, 1.82) is 5.41 Å². The highest BCUT2D eigenvalue weighted by atomic mass is 32.2. The number of hydrogen-bond acceptors (Lipinski definition) is 4. The Hall–Kier alpha value is -3.49. The maximum Gasteiger partial charge on any atom is 0.226 e. The quantitative estimate of drug-likeness (QED) is 0.304. The summed E-state index contributed by atoms with van der Waals surface area (Å²) >= 11 is 0. The molecule has 1 atom stereocenters. The summed E-state index contributed by atoms with van der Waals surface area (Å²) < 4.78 is 28.2. The van der Waals surface area contributed by atoms with E-state index in [1.165, 1.54) is 0 Å². The number of benzene rings is 3. The smallest absolute Gasteiger partial charge is 0.226 e. The molecule has 1 unspecified atom stereocenters. The van der Waals surface area contributed by atoms with E-state index in [4.69, 9.17) is 11.1 Å². The third-order valence-corrected chi connectivity index (χ3v) is 5.95. The molecule has 31 heavy (non-hydrogen) atoms. The van der Waals surface area contributed by atoms with Crippen molar-refractivity contribution in [2.45, 2.75) is 18.2 Å². The van der Waals surface area contributed by atoms with E-state index >= 15 is 0 Å². The number of carbonyl (C=O) groups excluding carboxylic acids is 1.